The smallest absolute Gasteiger partial charge is 0.0623 e. The van der Waals surface area contributed by atoms with E-state index in [2.05, 4.69) is 42.5 Å². The normalized spacial score (nSPS) is 28.7. The van der Waals surface area contributed by atoms with Gasteiger partial charge in [-0.3, -0.25) is 4.90 Å². The molecule has 2 aliphatic rings. The van der Waals surface area contributed by atoms with E-state index in [1.807, 2.05) is 0 Å². The second kappa shape index (κ2) is 6.53. The highest BCUT2D eigenvalue weighted by molar-refractivity contribution is 4.86. The lowest BCUT2D eigenvalue weighted by molar-refractivity contribution is -0.0546. The summed E-state index contributed by atoms with van der Waals surface area (Å²) in [5, 5.41) is 0. The van der Waals surface area contributed by atoms with Crippen molar-refractivity contribution >= 4 is 0 Å². The van der Waals surface area contributed by atoms with Gasteiger partial charge < -0.3 is 14.5 Å². The molecule has 0 spiro atoms. The number of ether oxygens (including phenoxy) is 1. The average Bonchev–Trinajstić information content (AvgIpc) is 2.37. The summed E-state index contributed by atoms with van der Waals surface area (Å²) in [7, 11) is 2.22. The molecule has 0 aromatic carbocycles. The molecule has 4 heteroatoms. The minimum atomic E-state index is 0.260. The predicted molar refractivity (Wildman–Crippen MR) is 79.6 cm³/mol. The summed E-state index contributed by atoms with van der Waals surface area (Å²) in [6, 6.07) is 0.591. The third-order valence-corrected chi connectivity index (χ3v) is 4.46. The summed E-state index contributed by atoms with van der Waals surface area (Å²) in [5.74, 6) is 0. The largest absolute Gasteiger partial charge is 0.378 e. The molecule has 2 heterocycles. The highest BCUT2D eigenvalue weighted by Crippen LogP contribution is 2.22. The number of hydrogen-bond acceptors (Lipinski definition) is 4. The number of morpholine rings is 1. The van der Waals surface area contributed by atoms with Crippen molar-refractivity contribution in [3.8, 4) is 0 Å². The van der Waals surface area contributed by atoms with Crippen molar-refractivity contribution in [2.75, 3.05) is 59.5 Å². The van der Waals surface area contributed by atoms with Crippen molar-refractivity contribution < 1.29 is 4.74 Å². The molecule has 112 valence electrons. The Morgan fingerprint density at radius 3 is 2.37 bits per heavy atom. The standard InChI is InChI=1S/C15H31N3O/c1-15(2,3)18-11-12-19-13-14(18)5-6-17-9-7-16(4)8-10-17/h14H,5-13H2,1-4H3. The third-order valence-electron chi connectivity index (χ3n) is 4.46. The zero-order valence-electron chi connectivity index (χ0n) is 13.2. The Labute approximate surface area is 118 Å². The van der Waals surface area contributed by atoms with E-state index in [0.717, 1.165) is 19.8 Å². The Bertz CT molecular complexity index is 269. The fourth-order valence-corrected chi connectivity index (χ4v) is 3.18. The first-order valence-electron chi connectivity index (χ1n) is 7.72. The number of rotatable bonds is 3. The van der Waals surface area contributed by atoms with Gasteiger partial charge in [0.2, 0.25) is 0 Å². The fourth-order valence-electron chi connectivity index (χ4n) is 3.18. The molecule has 2 saturated heterocycles. The Balaban J connectivity index is 1.80. The maximum atomic E-state index is 5.70. The van der Waals surface area contributed by atoms with Gasteiger partial charge in [-0.2, -0.15) is 0 Å². The van der Waals surface area contributed by atoms with Gasteiger partial charge in [0.1, 0.15) is 0 Å². The van der Waals surface area contributed by atoms with Gasteiger partial charge in [-0.1, -0.05) is 0 Å². The first kappa shape index (κ1) is 15.2. The lowest BCUT2D eigenvalue weighted by atomic mass is 10.00. The Morgan fingerprint density at radius 1 is 1.05 bits per heavy atom. The molecule has 2 fully saturated rings. The van der Waals surface area contributed by atoms with Crippen molar-refractivity contribution in [1.29, 1.82) is 0 Å². The van der Waals surface area contributed by atoms with Gasteiger partial charge in [-0.05, 0) is 40.8 Å². The van der Waals surface area contributed by atoms with E-state index >= 15 is 0 Å². The van der Waals surface area contributed by atoms with Crippen LogP contribution in [0.15, 0.2) is 0 Å². The van der Waals surface area contributed by atoms with Crippen LogP contribution >= 0.6 is 0 Å². The van der Waals surface area contributed by atoms with Gasteiger partial charge in [0.15, 0.2) is 0 Å². The van der Waals surface area contributed by atoms with Gasteiger partial charge in [-0.15, -0.1) is 0 Å². The van der Waals surface area contributed by atoms with Crippen LogP contribution < -0.4 is 0 Å². The molecule has 1 unspecified atom stereocenters. The molecule has 0 N–H and O–H groups in total. The molecule has 2 rings (SSSR count). The molecule has 0 radical (unpaired) electrons. The molecule has 0 aromatic heterocycles. The van der Waals surface area contributed by atoms with Crippen LogP contribution in [0.25, 0.3) is 0 Å². The zero-order valence-corrected chi connectivity index (χ0v) is 13.2. The van der Waals surface area contributed by atoms with E-state index in [4.69, 9.17) is 4.74 Å². The Hall–Kier alpha value is -0.160. The first-order chi connectivity index (χ1) is 8.97. The van der Waals surface area contributed by atoms with Crippen LogP contribution in [0.4, 0.5) is 0 Å². The predicted octanol–water partition coefficient (Wildman–Crippen LogP) is 1.12. The van der Waals surface area contributed by atoms with Crippen molar-refractivity contribution in [1.82, 2.24) is 14.7 Å². The van der Waals surface area contributed by atoms with Gasteiger partial charge in [0.25, 0.3) is 0 Å². The van der Waals surface area contributed by atoms with E-state index < -0.39 is 0 Å². The van der Waals surface area contributed by atoms with Crippen LogP contribution in [0.2, 0.25) is 0 Å². The molecule has 19 heavy (non-hydrogen) atoms. The molecule has 4 nitrogen and oxygen atoms in total. The topological polar surface area (TPSA) is 19.0 Å². The summed E-state index contributed by atoms with van der Waals surface area (Å²) >= 11 is 0. The molecule has 0 aliphatic carbocycles. The summed E-state index contributed by atoms with van der Waals surface area (Å²) in [6.07, 6.45) is 1.24. The minimum absolute atomic E-state index is 0.260. The summed E-state index contributed by atoms with van der Waals surface area (Å²) in [6.45, 7) is 15.9. The maximum Gasteiger partial charge on any atom is 0.0623 e. The molecule has 0 amide bonds. The fraction of sp³-hybridized carbons (Fsp3) is 1.00. The summed E-state index contributed by atoms with van der Waals surface area (Å²) < 4.78 is 5.70. The van der Waals surface area contributed by atoms with Crippen LogP contribution in [0.3, 0.4) is 0 Å². The molecule has 0 bridgehead atoms. The maximum absolute atomic E-state index is 5.70. The summed E-state index contributed by atoms with van der Waals surface area (Å²) in [5.41, 5.74) is 0.260. The monoisotopic (exact) mass is 269 g/mol. The number of likely N-dealkylation sites (N-methyl/N-ethyl adjacent to an activating group) is 1. The van der Waals surface area contributed by atoms with Crippen LogP contribution in [-0.2, 0) is 4.74 Å². The molecule has 0 aromatic rings. The number of hydrogen-bond donors (Lipinski definition) is 0. The van der Waals surface area contributed by atoms with Gasteiger partial charge >= 0.3 is 0 Å². The van der Waals surface area contributed by atoms with Crippen LogP contribution in [0.5, 0.6) is 0 Å². The molecule has 2 aliphatic heterocycles. The van der Waals surface area contributed by atoms with Gasteiger partial charge in [0, 0.05) is 44.3 Å². The first-order valence-corrected chi connectivity index (χ1v) is 7.72. The lowest BCUT2D eigenvalue weighted by Gasteiger charge is -2.45. The van der Waals surface area contributed by atoms with Crippen LogP contribution in [0, 0.1) is 0 Å². The van der Waals surface area contributed by atoms with Crippen molar-refractivity contribution in [3.05, 3.63) is 0 Å². The molecular weight excluding hydrogens is 238 g/mol. The van der Waals surface area contributed by atoms with E-state index in [0.29, 0.717) is 6.04 Å². The van der Waals surface area contributed by atoms with E-state index in [1.165, 1.54) is 39.1 Å². The number of piperazine rings is 1. The quantitative estimate of drug-likeness (QED) is 0.764. The van der Waals surface area contributed by atoms with Gasteiger partial charge in [0.05, 0.1) is 13.2 Å². The summed E-state index contributed by atoms with van der Waals surface area (Å²) in [4.78, 5) is 7.66. The Kier molecular flexibility index (Phi) is 5.23. The second-order valence-corrected chi connectivity index (χ2v) is 7.03. The lowest BCUT2D eigenvalue weighted by Crippen LogP contribution is -2.55. The molecular formula is C15H31N3O. The van der Waals surface area contributed by atoms with Crippen LogP contribution in [0.1, 0.15) is 27.2 Å². The minimum Gasteiger partial charge on any atom is -0.378 e. The van der Waals surface area contributed by atoms with Crippen molar-refractivity contribution in [3.63, 3.8) is 0 Å². The third kappa shape index (κ3) is 4.42. The van der Waals surface area contributed by atoms with Crippen LogP contribution in [-0.4, -0.2) is 85.8 Å². The average molecular weight is 269 g/mol. The zero-order chi connectivity index (χ0) is 13.9. The van der Waals surface area contributed by atoms with E-state index in [-0.39, 0.29) is 5.54 Å². The van der Waals surface area contributed by atoms with Crippen molar-refractivity contribution in [2.45, 2.75) is 38.8 Å². The SMILES string of the molecule is CN1CCN(CCC2COCCN2C(C)(C)C)CC1. The molecule has 0 saturated carbocycles. The Morgan fingerprint density at radius 2 is 1.74 bits per heavy atom. The van der Waals surface area contributed by atoms with Gasteiger partial charge in [-0.25, -0.2) is 0 Å². The van der Waals surface area contributed by atoms with E-state index in [9.17, 15) is 0 Å². The van der Waals surface area contributed by atoms with E-state index in [1.54, 1.807) is 0 Å². The van der Waals surface area contributed by atoms with Crippen molar-refractivity contribution in [2.24, 2.45) is 0 Å². The second-order valence-electron chi connectivity index (χ2n) is 7.03. The highest BCUT2D eigenvalue weighted by atomic mass is 16.5. The molecule has 1 atom stereocenters. The number of nitrogens with zero attached hydrogens (tertiary/aromatic N) is 3. The highest BCUT2D eigenvalue weighted by Gasteiger charge is 2.31.